The number of hydrogen-bond acceptors (Lipinski definition) is 4. The number of ether oxygens (including phenoxy) is 3. The first-order valence-electron chi connectivity index (χ1n) is 6.11. The lowest BCUT2D eigenvalue weighted by Gasteiger charge is -2.14. The summed E-state index contributed by atoms with van der Waals surface area (Å²) < 4.78 is 15.6. The van der Waals surface area contributed by atoms with Crippen molar-refractivity contribution in [3.05, 3.63) is 23.8 Å². The lowest BCUT2D eigenvalue weighted by molar-refractivity contribution is 0.158. The van der Waals surface area contributed by atoms with E-state index in [0.29, 0.717) is 5.92 Å². The van der Waals surface area contributed by atoms with Crippen molar-refractivity contribution >= 4 is 0 Å². The van der Waals surface area contributed by atoms with Crippen molar-refractivity contribution in [2.24, 2.45) is 5.92 Å². The van der Waals surface area contributed by atoms with Crippen molar-refractivity contribution in [2.75, 3.05) is 34.5 Å². The molecule has 0 bridgehead atoms. The van der Waals surface area contributed by atoms with Crippen LogP contribution in [-0.4, -0.2) is 34.5 Å². The lowest BCUT2D eigenvalue weighted by atomic mass is 10.1. The maximum absolute atomic E-state index is 5.33. The van der Waals surface area contributed by atoms with Gasteiger partial charge in [0.2, 0.25) is 0 Å². The fraction of sp³-hybridized carbons (Fsp3) is 0.571. The summed E-state index contributed by atoms with van der Waals surface area (Å²) in [6.07, 6.45) is 0. The van der Waals surface area contributed by atoms with E-state index in [0.717, 1.165) is 36.8 Å². The smallest absolute Gasteiger partial charge is 0.123 e. The molecule has 0 saturated heterocycles. The van der Waals surface area contributed by atoms with Crippen LogP contribution in [0.1, 0.15) is 12.5 Å². The average Bonchev–Trinajstić information content (AvgIpc) is 2.39. The summed E-state index contributed by atoms with van der Waals surface area (Å²) in [5.74, 6) is 2.21. The van der Waals surface area contributed by atoms with Crippen LogP contribution in [0.15, 0.2) is 18.2 Å². The molecule has 1 atom stereocenters. The van der Waals surface area contributed by atoms with Crippen LogP contribution in [0.2, 0.25) is 0 Å². The standard InChI is InChI=1S/C14H23NO3/c1-11(10-16-2)8-15-9-12-7-13(17-3)5-6-14(12)18-4/h5-7,11,15H,8-10H2,1-4H3. The Bertz CT molecular complexity index is 355. The minimum Gasteiger partial charge on any atom is -0.497 e. The van der Waals surface area contributed by atoms with Crippen LogP contribution < -0.4 is 14.8 Å². The summed E-state index contributed by atoms with van der Waals surface area (Å²) in [5.41, 5.74) is 1.10. The summed E-state index contributed by atoms with van der Waals surface area (Å²) in [7, 11) is 5.07. The first-order valence-corrected chi connectivity index (χ1v) is 6.11. The third-order valence-corrected chi connectivity index (χ3v) is 2.75. The van der Waals surface area contributed by atoms with Crippen molar-refractivity contribution in [3.63, 3.8) is 0 Å². The van der Waals surface area contributed by atoms with E-state index in [9.17, 15) is 0 Å². The van der Waals surface area contributed by atoms with Gasteiger partial charge in [-0.3, -0.25) is 0 Å². The lowest BCUT2D eigenvalue weighted by Crippen LogP contribution is -2.23. The molecule has 1 aromatic carbocycles. The monoisotopic (exact) mass is 253 g/mol. The van der Waals surface area contributed by atoms with Crippen molar-refractivity contribution < 1.29 is 14.2 Å². The summed E-state index contributed by atoms with van der Waals surface area (Å²) in [6.45, 7) is 4.59. The Labute approximate surface area is 109 Å². The molecular formula is C14H23NO3. The van der Waals surface area contributed by atoms with Crippen LogP contribution in [0.4, 0.5) is 0 Å². The molecule has 1 N–H and O–H groups in total. The SMILES string of the molecule is COCC(C)CNCc1cc(OC)ccc1OC. The molecule has 0 spiro atoms. The molecule has 0 aliphatic carbocycles. The second kappa shape index (κ2) is 7.95. The zero-order chi connectivity index (χ0) is 13.4. The quantitative estimate of drug-likeness (QED) is 0.770. The summed E-state index contributed by atoms with van der Waals surface area (Å²) in [4.78, 5) is 0. The molecule has 0 aliphatic rings. The predicted octanol–water partition coefficient (Wildman–Crippen LogP) is 2.08. The van der Waals surface area contributed by atoms with E-state index in [1.807, 2.05) is 18.2 Å². The zero-order valence-corrected chi connectivity index (χ0v) is 11.7. The average molecular weight is 253 g/mol. The van der Waals surface area contributed by atoms with Crippen LogP contribution in [0.5, 0.6) is 11.5 Å². The van der Waals surface area contributed by atoms with Gasteiger partial charge in [0.05, 0.1) is 14.2 Å². The van der Waals surface area contributed by atoms with E-state index in [1.165, 1.54) is 0 Å². The molecular weight excluding hydrogens is 230 g/mol. The number of nitrogens with one attached hydrogen (secondary N) is 1. The van der Waals surface area contributed by atoms with Crippen LogP contribution in [0.25, 0.3) is 0 Å². The molecule has 4 nitrogen and oxygen atoms in total. The molecule has 1 unspecified atom stereocenters. The van der Waals surface area contributed by atoms with Crippen LogP contribution in [0.3, 0.4) is 0 Å². The third-order valence-electron chi connectivity index (χ3n) is 2.75. The maximum Gasteiger partial charge on any atom is 0.123 e. The van der Waals surface area contributed by atoms with Gasteiger partial charge in [-0.25, -0.2) is 0 Å². The molecule has 0 saturated carbocycles. The Morgan fingerprint density at radius 2 is 1.94 bits per heavy atom. The minimum atomic E-state index is 0.492. The van der Waals surface area contributed by atoms with Crippen LogP contribution >= 0.6 is 0 Å². The molecule has 18 heavy (non-hydrogen) atoms. The molecule has 4 heteroatoms. The van der Waals surface area contributed by atoms with Gasteiger partial charge in [-0.1, -0.05) is 6.92 Å². The van der Waals surface area contributed by atoms with E-state index in [-0.39, 0.29) is 0 Å². The van der Waals surface area contributed by atoms with Gasteiger partial charge in [0, 0.05) is 32.4 Å². The number of rotatable bonds is 8. The molecule has 0 heterocycles. The Balaban J connectivity index is 2.54. The molecule has 0 aliphatic heterocycles. The highest BCUT2D eigenvalue weighted by atomic mass is 16.5. The first-order chi connectivity index (χ1) is 8.71. The van der Waals surface area contributed by atoms with Gasteiger partial charge in [-0.05, 0) is 24.1 Å². The highest BCUT2D eigenvalue weighted by Crippen LogP contribution is 2.23. The van der Waals surface area contributed by atoms with Crippen molar-refractivity contribution in [3.8, 4) is 11.5 Å². The number of hydrogen-bond donors (Lipinski definition) is 1. The predicted molar refractivity (Wildman–Crippen MR) is 72.3 cm³/mol. The Hall–Kier alpha value is -1.26. The maximum atomic E-state index is 5.33. The minimum absolute atomic E-state index is 0.492. The molecule has 1 aromatic rings. The molecule has 1 rings (SSSR count). The topological polar surface area (TPSA) is 39.7 Å². The summed E-state index contributed by atoms with van der Waals surface area (Å²) >= 11 is 0. The van der Waals surface area contributed by atoms with Crippen LogP contribution in [-0.2, 0) is 11.3 Å². The second-order valence-electron chi connectivity index (χ2n) is 4.37. The van der Waals surface area contributed by atoms with Crippen molar-refractivity contribution in [2.45, 2.75) is 13.5 Å². The molecule has 0 fully saturated rings. The van der Waals surface area contributed by atoms with Crippen molar-refractivity contribution in [1.82, 2.24) is 5.32 Å². The summed E-state index contributed by atoms with van der Waals surface area (Å²) in [6, 6.07) is 5.82. The van der Waals surface area contributed by atoms with Gasteiger partial charge >= 0.3 is 0 Å². The Morgan fingerprint density at radius 3 is 2.56 bits per heavy atom. The fourth-order valence-electron chi connectivity index (χ4n) is 1.82. The molecule has 102 valence electrons. The van der Waals surface area contributed by atoms with Gasteiger partial charge in [-0.15, -0.1) is 0 Å². The fourth-order valence-corrected chi connectivity index (χ4v) is 1.82. The van der Waals surface area contributed by atoms with Crippen LogP contribution in [0, 0.1) is 5.92 Å². The largest absolute Gasteiger partial charge is 0.497 e. The number of methoxy groups -OCH3 is 3. The zero-order valence-electron chi connectivity index (χ0n) is 11.7. The van der Waals surface area contributed by atoms with Gasteiger partial charge in [0.1, 0.15) is 11.5 Å². The summed E-state index contributed by atoms with van der Waals surface area (Å²) in [5, 5.41) is 3.40. The Morgan fingerprint density at radius 1 is 1.17 bits per heavy atom. The van der Waals surface area contributed by atoms with Gasteiger partial charge in [-0.2, -0.15) is 0 Å². The normalized spacial score (nSPS) is 12.2. The Kier molecular flexibility index (Phi) is 6.54. The van der Waals surface area contributed by atoms with Crippen molar-refractivity contribution in [1.29, 1.82) is 0 Å². The van der Waals surface area contributed by atoms with Gasteiger partial charge in [0.25, 0.3) is 0 Å². The van der Waals surface area contributed by atoms with Gasteiger partial charge < -0.3 is 19.5 Å². The van der Waals surface area contributed by atoms with E-state index >= 15 is 0 Å². The number of benzene rings is 1. The molecule has 0 radical (unpaired) electrons. The van der Waals surface area contributed by atoms with E-state index in [1.54, 1.807) is 21.3 Å². The molecule has 0 aromatic heterocycles. The molecule has 0 amide bonds. The highest BCUT2D eigenvalue weighted by molar-refractivity contribution is 5.40. The van der Waals surface area contributed by atoms with E-state index in [4.69, 9.17) is 14.2 Å². The van der Waals surface area contributed by atoms with Gasteiger partial charge in [0.15, 0.2) is 0 Å². The first kappa shape index (κ1) is 14.8. The second-order valence-corrected chi connectivity index (χ2v) is 4.37. The van der Waals surface area contributed by atoms with E-state index < -0.39 is 0 Å². The van der Waals surface area contributed by atoms with E-state index in [2.05, 4.69) is 12.2 Å². The third kappa shape index (κ3) is 4.55. The highest BCUT2D eigenvalue weighted by Gasteiger charge is 2.06.